The van der Waals surface area contributed by atoms with Crippen molar-refractivity contribution < 1.29 is 9.90 Å². The molecule has 2 nitrogen and oxygen atoms in total. The van der Waals surface area contributed by atoms with Gasteiger partial charge >= 0.3 is 35.5 Å². The summed E-state index contributed by atoms with van der Waals surface area (Å²) < 4.78 is 0. The number of aliphatic carboxylic acids is 1. The van der Waals surface area contributed by atoms with Crippen LogP contribution >= 0.6 is 0 Å². The van der Waals surface area contributed by atoms with Crippen molar-refractivity contribution in [2.24, 2.45) is 11.8 Å². The summed E-state index contributed by atoms with van der Waals surface area (Å²) in [6.45, 7) is 1.95. The van der Waals surface area contributed by atoms with Gasteiger partial charge in [-0.2, -0.15) is 0 Å². The minimum atomic E-state index is -0.656. The summed E-state index contributed by atoms with van der Waals surface area (Å²) in [5.41, 5.74) is 0. The topological polar surface area (TPSA) is 37.3 Å². The maximum absolute atomic E-state index is 10.5. The van der Waals surface area contributed by atoms with Gasteiger partial charge in [0.15, 0.2) is 0 Å². The van der Waals surface area contributed by atoms with E-state index in [4.69, 9.17) is 5.11 Å². The second-order valence-electron chi connectivity index (χ2n) is 2.81. The van der Waals surface area contributed by atoms with Gasteiger partial charge in [-0.3, -0.25) is 4.79 Å². The predicted molar refractivity (Wildman–Crippen MR) is 45.8 cm³/mol. The summed E-state index contributed by atoms with van der Waals surface area (Å²) in [7, 11) is 0. The molecule has 1 aliphatic carbocycles. The van der Waals surface area contributed by atoms with E-state index in [9.17, 15) is 4.79 Å². The van der Waals surface area contributed by atoms with Gasteiger partial charge in [0.05, 0.1) is 5.92 Å². The molecule has 0 heterocycles. The van der Waals surface area contributed by atoms with Crippen LogP contribution in [-0.2, 0) is 4.79 Å². The summed E-state index contributed by atoms with van der Waals surface area (Å²) >= 11 is 0. The Morgan fingerprint density at radius 2 is 2.27 bits per heavy atom. The van der Waals surface area contributed by atoms with E-state index in [-0.39, 0.29) is 41.4 Å². The molecule has 1 aliphatic rings. The number of carboxylic acid groups (broad SMARTS) is 1. The van der Waals surface area contributed by atoms with Crippen molar-refractivity contribution in [3.8, 4) is 0 Å². The molecule has 0 aromatic rings. The van der Waals surface area contributed by atoms with Gasteiger partial charge in [-0.05, 0) is 18.8 Å². The van der Waals surface area contributed by atoms with Gasteiger partial charge in [-0.1, -0.05) is 19.1 Å². The van der Waals surface area contributed by atoms with Crippen LogP contribution in [0, 0.1) is 11.8 Å². The average molecular weight is 164 g/mol. The summed E-state index contributed by atoms with van der Waals surface area (Å²) in [5, 5.41) is 8.67. The molecule has 0 saturated carbocycles. The van der Waals surface area contributed by atoms with Crippen LogP contribution in [0.25, 0.3) is 0 Å². The Morgan fingerprint density at radius 1 is 1.64 bits per heavy atom. The third kappa shape index (κ3) is 2.97. The number of allylic oxidation sites excluding steroid dienone is 2. The van der Waals surface area contributed by atoms with Crippen LogP contribution in [0.3, 0.4) is 0 Å². The molecule has 2 unspecified atom stereocenters. The van der Waals surface area contributed by atoms with Crippen molar-refractivity contribution in [1.82, 2.24) is 0 Å². The molecule has 0 aromatic carbocycles. The molecule has 0 amide bonds. The molecule has 0 bridgehead atoms. The predicted octanol–water partition coefficient (Wildman–Crippen LogP) is 1.02. The molecule has 0 aromatic heterocycles. The average Bonchev–Trinajstić information content (AvgIpc) is 1.88. The van der Waals surface area contributed by atoms with Crippen LogP contribution in [0.15, 0.2) is 12.2 Å². The van der Waals surface area contributed by atoms with Crippen molar-refractivity contribution in [2.75, 3.05) is 0 Å². The van der Waals surface area contributed by atoms with Crippen molar-refractivity contribution in [3.63, 3.8) is 0 Å². The molecule has 0 aliphatic heterocycles. The van der Waals surface area contributed by atoms with Crippen LogP contribution in [0.4, 0.5) is 0 Å². The van der Waals surface area contributed by atoms with Crippen molar-refractivity contribution >= 4 is 35.5 Å². The molecule has 0 spiro atoms. The Hall–Kier alpha value is 0.210. The quantitative estimate of drug-likeness (QED) is 0.464. The van der Waals surface area contributed by atoms with Gasteiger partial charge in [0.25, 0.3) is 0 Å². The zero-order chi connectivity index (χ0) is 7.56. The molecule has 1 rings (SSSR count). The first-order valence-corrected chi connectivity index (χ1v) is 3.61. The second kappa shape index (κ2) is 4.96. The molecule has 11 heavy (non-hydrogen) atoms. The third-order valence-corrected chi connectivity index (χ3v) is 2.04. The Bertz CT molecular complexity index is 165. The van der Waals surface area contributed by atoms with Gasteiger partial charge < -0.3 is 5.11 Å². The number of carbonyl (C=O) groups is 1. The van der Waals surface area contributed by atoms with Crippen molar-refractivity contribution in [3.05, 3.63) is 12.2 Å². The summed E-state index contributed by atoms with van der Waals surface area (Å²) in [4.78, 5) is 10.5. The zero-order valence-corrected chi connectivity index (χ0v) is 6.08. The first-order chi connectivity index (χ1) is 4.72. The van der Waals surface area contributed by atoms with Gasteiger partial charge in [0.1, 0.15) is 0 Å². The second-order valence-corrected chi connectivity index (χ2v) is 2.81. The van der Waals surface area contributed by atoms with E-state index in [2.05, 4.69) is 6.08 Å². The Morgan fingerprint density at radius 3 is 2.64 bits per heavy atom. The SMILES string of the molecule is CC1C=CCCC1C(=O)O.[NaH]. The first kappa shape index (κ1) is 11.2. The van der Waals surface area contributed by atoms with E-state index in [1.807, 2.05) is 13.0 Å². The number of carboxylic acids is 1. The fourth-order valence-corrected chi connectivity index (χ4v) is 1.33. The van der Waals surface area contributed by atoms with E-state index in [1.165, 1.54) is 0 Å². The molecule has 0 radical (unpaired) electrons. The number of hydrogen-bond donors (Lipinski definition) is 1. The van der Waals surface area contributed by atoms with E-state index in [1.54, 1.807) is 0 Å². The molecule has 0 fully saturated rings. The van der Waals surface area contributed by atoms with E-state index < -0.39 is 5.97 Å². The fourth-order valence-electron chi connectivity index (χ4n) is 1.33. The summed E-state index contributed by atoms with van der Waals surface area (Å²) in [5.74, 6) is -0.590. The molecular weight excluding hydrogens is 151 g/mol. The van der Waals surface area contributed by atoms with Crippen LogP contribution in [0.1, 0.15) is 19.8 Å². The first-order valence-electron chi connectivity index (χ1n) is 3.61. The van der Waals surface area contributed by atoms with E-state index in [0.29, 0.717) is 0 Å². The maximum atomic E-state index is 10.5. The normalized spacial score (nSPS) is 29.2. The summed E-state index contributed by atoms with van der Waals surface area (Å²) in [6, 6.07) is 0. The van der Waals surface area contributed by atoms with Gasteiger partial charge in [-0.15, -0.1) is 0 Å². The molecule has 0 saturated heterocycles. The van der Waals surface area contributed by atoms with Crippen molar-refractivity contribution in [2.45, 2.75) is 19.8 Å². The van der Waals surface area contributed by atoms with Gasteiger partial charge in [0, 0.05) is 0 Å². The van der Waals surface area contributed by atoms with Crippen molar-refractivity contribution in [1.29, 1.82) is 0 Å². The summed E-state index contributed by atoms with van der Waals surface area (Å²) in [6.07, 6.45) is 5.76. The van der Waals surface area contributed by atoms with Gasteiger partial charge in [-0.25, -0.2) is 0 Å². The molecule has 1 N–H and O–H groups in total. The van der Waals surface area contributed by atoms with E-state index in [0.717, 1.165) is 12.8 Å². The van der Waals surface area contributed by atoms with Crippen LogP contribution in [-0.4, -0.2) is 40.6 Å². The number of rotatable bonds is 1. The standard InChI is InChI=1S/C8H12O2.Na.H/c1-6-4-2-3-5-7(6)8(9)10;;/h2,4,6-7H,3,5H2,1H3,(H,9,10);;. The molecule has 3 heteroatoms. The molecule has 58 valence electrons. The molecule has 2 atom stereocenters. The monoisotopic (exact) mass is 164 g/mol. The Kier molecular flexibility index (Phi) is 5.06. The fraction of sp³-hybridized carbons (Fsp3) is 0.625. The van der Waals surface area contributed by atoms with Crippen LogP contribution in [0.5, 0.6) is 0 Å². The van der Waals surface area contributed by atoms with Gasteiger partial charge in [0.2, 0.25) is 0 Å². The van der Waals surface area contributed by atoms with Crippen LogP contribution < -0.4 is 0 Å². The zero-order valence-electron chi connectivity index (χ0n) is 6.08. The Labute approximate surface area is 89.0 Å². The Balaban J connectivity index is 0.000001000. The van der Waals surface area contributed by atoms with Crippen LogP contribution in [0.2, 0.25) is 0 Å². The minimum absolute atomic E-state index is 0. The molecular formula is C8H13NaO2. The third-order valence-electron chi connectivity index (χ3n) is 2.04. The number of hydrogen-bond acceptors (Lipinski definition) is 1. The van der Waals surface area contributed by atoms with E-state index >= 15 is 0 Å².